The summed E-state index contributed by atoms with van der Waals surface area (Å²) in [6, 6.07) is 7.44. The van der Waals surface area contributed by atoms with Crippen LogP contribution < -0.4 is 5.73 Å². The van der Waals surface area contributed by atoms with Gasteiger partial charge in [-0.25, -0.2) is 0 Å². The molecule has 0 aliphatic carbocycles. The van der Waals surface area contributed by atoms with E-state index in [1.807, 2.05) is 31.3 Å². The molecule has 4 heteroatoms. The number of benzene rings is 1. The summed E-state index contributed by atoms with van der Waals surface area (Å²) in [5.41, 5.74) is 8.07. The molecule has 1 aromatic carbocycles. The van der Waals surface area contributed by atoms with Crippen LogP contribution in [0.2, 0.25) is 0 Å². The van der Waals surface area contributed by atoms with Gasteiger partial charge >= 0.3 is 0 Å². The third-order valence-corrected chi connectivity index (χ3v) is 2.93. The largest absolute Gasteiger partial charge is 0.399 e. The summed E-state index contributed by atoms with van der Waals surface area (Å²) >= 11 is 0. The molecule has 0 bridgehead atoms. The Bertz CT molecular complexity index is 607. The predicted octanol–water partition coefficient (Wildman–Crippen LogP) is 2.87. The molecular weight excluding hydrogens is 238 g/mol. The number of fused-ring (bicyclic) bond motifs is 1. The van der Waals surface area contributed by atoms with Gasteiger partial charge in [-0.1, -0.05) is 20.8 Å². The van der Waals surface area contributed by atoms with E-state index in [4.69, 9.17) is 5.73 Å². The number of nitrogens with two attached hydrogens (primary N) is 1. The van der Waals surface area contributed by atoms with Crippen molar-refractivity contribution in [3.8, 4) is 0 Å². The number of aromatic nitrogens is 1. The van der Waals surface area contributed by atoms with Crippen molar-refractivity contribution in [3.63, 3.8) is 0 Å². The first kappa shape index (κ1) is 13.5. The maximum absolute atomic E-state index is 12.3. The zero-order chi connectivity index (χ0) is 14.2. The average molecular weight is 259 g/mol. The van der Waals surface area contributed by atoms with Crippen molar-refractivity contribution in [2.45, 2.75) is 20.8 Å². The zero-order valence-corrected chi connectivity index (χ0v) is 11.9. The highest BCUT2D eigenvalue weighted by molar-refractivity contribution is 5.98. The Hall–Kier alpha value is -1.97. The van der Waals surface area contributed by atoms with Gasteiger partial charge in [0.15, 0.2) is 0 Å². The second-order valence-electron chi connectivity index (χ2n) is 6.25. The summed E-state index contributed by atoms with van der Waals surface area (Å²) in [4.78, 5) is 17.2. The van der Waals surface area contributed by atoms with E-state index in [2.05, 4.69) is 25.8 Å². The fourth-order valence-electron chi connectivity index (χ4n) is 2.26. The predicted molar refractivity (Wildman–Crippen MR) is 79.1 cm³/mol. The van der Waals surface area contributed by atoms with Gasteiger partial charge in [-0.2, -0.15) is 0 Å². The minimum Gasteiger partial charge on any atom is -0.399 e. The molecule has 1 heterocycles. The lowest BCUT2D eigenvalue weighted by Crippen LogP contribution is -2.34. The van der Waals surface area contributed by atoms with Crippen molar-refractivity contribution in [2.75, 3.05) is 19.3 Å². The molecule has 2 aromatic rings. The summed E-state index contributed by atoms with van der Waals surface area (Å²) < 4.78 is 0. The topological polar surface area (TPSA) is 62.1 Å². The van der Waals surface area contributed by atoms with Gasteiger partial charge in [0, 0.05) is 30.2 Å². The second-order valence-corrected chi connectivity index (χ2v) is 6.25. The molecule has 19 heavy (non-hydrogen) atoms. The molecule has 1 aromatic heterocycles. The number of nitrogens with one attached hydrogen (secondary N) is 1. The fraction of sp³-hybridized carbons (Fsp3) is 0.400. The average Bonchev–Trinajstić information content (AvgIpc) is 2.68. The van der Waals surface area contributed by atoms with Gasteiger partial charge in [-0.3, -0.25) is 4.79 Å². The summed E-state index contributed by atoms with van der Waals surface area (Å²) in [6.45, 7) is 7.05. The Balaban J connectivity index is 2.26. The highest BCUT2D eigenvalue weighted by atomic mass is 16.2. The Morgan fingerprint density at radius 3 is 2.63 bits per heavy atom. The number of anilines is 1. The van der Waals surface area contributed by atoms with Crippen molar-refractivity contribution >= 4 is 22.5 Å². The van der Waals surface area contributed by atoms with Crippen LogP contribution >= 0.6 is 0 Å². The lowest BCUT2D eigenvalue weighted by Gasteiger charge is -2.26. The number of rotatable bonds is 2. The molecule has 0 unspecified atom stereocenters. The van der Waals surface area contributed by atoms with Gasteiger partial charge < -0.3 is 15.6 Å². The molecule has 0 aliphatic heterocycles. The number of nitrogen functional groups attached to an aromatic ring is 1. The van der Waals surface area contributed by atoms with E-state index < -0.39 is 0 Å². The fourth-order valence-corrected chi connectivity index (χ4v) is 2.26. The van der Waals surface area contributed by atoms with Crippen LogP contribution in [0.4, 0.5) is 5.69 Å². The minimum atomic E-state index is 0.00435. The highest BCUT2D eigenvalue weighted by Gasteiger charge is 2.20. The number of aromatic amines is 1. The van der Waals surface area contributed by atoms with Crippen LogP contribution in [-0.2, 0) is 0 Å². The number of amides is 1. The van der Waals surface area contributed by atoms with Crippen molar-refractivity contribution in [1.82, 2.24) is 9.88 Å². The van der Waals surface area contributed by atoms with E-state index in [1.54, 1.807) is 4.90 Å². The molecule has 0 radical (unpaired) electrons. The number of hydrogen-bond acceptors (Lipinski definition) is 2. The monoisotopic (exact) mass is 259 g/mol. The minimum absolute atomic E-state index is 0.00435. The number of nitrogens with zero attached hydrogens (tertiary/aromatic N) is 1. The maximum atomic E-state index is 12.3. The zero-order valence-electron chi connectivity index (χ0n) is 11.9. The Labute approximate surface area is 113 Å². The summed E-state index contributed by atoms with van der Waals surface area (Å²) in [5, 5.41) is 0.965. The van der Waals surface area contributed by atoms with Gasteiger partial charge in [0.1, 0.15) is 5.69 Å². The Morgan fingerprint density at radius 2 is 2.00 bits per heavy atom. The third kappa shape index (κ3) is 3.08. The van der Waals surface area contributed by atoms with Crippen molar-refractivity contribution in [1.29, 1.82) is 0 Å². The normalized spacial score (nSPS) is 11.8. The van der Waals surface area contributed by atoms with E-state index in [0.29, 0.717) is 17.9 Å². The molecule has 4 nitrogen and oxygen atoms in total. The lowest BCUT2D eigenvalue weighted by molar-refractivity contribution is 0.0741. The Kier molecular flexibility index (Phi) is 3.27. The van der Waals surface area contributed by atoms with Gasteiger partial charge in [-0.05, 0) is 29.7 Å². The quantitative estimate of drug-likeness (QED) is 0.815. The molecule has 3 N–H and O–H groups in total. The second kappa shape index (κ2) is 4.61. The van der Waals surface area contributed by atoms with Crippen molar-refractivity contribution in [3.05, 3.63) is 30.0 Å². The van der Waals surface area contributed by atoms with E-state index in [-0.39, 0.29) is 11.3 Å². The van der Waals surface area contributed by atoms with Crippen LogP contribution in [0.15, 0.2) is 24.3 Å². The van der Waals surface area contributed by atoms with E-state index in [9.17, 15) is 4.79 Å². The van der Waals surface area contributed by atoms with Crippen LogP contribution in [0.1, 0.15) is 31.3 Å². The first-order valence-electron chi connectivity index (χ1n) is 6.40. The first-order valence-corrected chi connectivity index (χ1v) is 6.40. The third-order valence-electron chi connectivity index (χ3n) is 2.93. The van der Waals surface area contributed by atoms with Crippen LogP contribution in [0, 0.1) is 5.41 Å². The lowest BCUT2D eigenvalue weighted by atomic mass is 9.96. The van der Waals surface area contributed by atoms with Gasteiger partial charge in [-0.15, -0.1) is 0 Å². The molecule has 0 fully saturated rings. The molecule has 1 amide bonds. The summed E-state index contributed by atoms with van der Waals surface area (Å²) in [5.74, 6) is 0.00435. The molecule has 2 rings (SSSR count). The number of H-pyrrole nitrogens is 1. The molecule has 0 atom stereocenters. The number of carbonyl (C=O) groups is 1. The van der Waals surface area contributed by atoms with Gasteiger partial charge in [0.05, 0.1) is 0 Å². The molecular formula is C15H21N3O. The van der Waals surface area contributed by atoms with E-state index in [0.717, 1.165) is 10.9 Å². The number of carbonyl (C=O) groups excluding carboxylic acids is 1. The molecule has 102 valence electrons. The first-order chi connectivity index (χ1) is 8.76. The molecule has 0 spiro atoms. The van der Waals surface area contributed by atoms with Gasteiger partial charge in [0.2, 0.25) is 0 Å². The maximum Gasteiger partial charge on any atom is 0.270 e. The summed E-state index contributed by atoms with van der Waals surface area (Å²) in [6.07, 6.45) is 0. The summed E-state index contributed by atoms with van der Waals surface area (Å²) in [7, 11) is 1.83. The smallest absolute Gasteiger partial charge is 0.270 e. The van der Waals surface area contributed by atoms with Crippen molar-refractivity contribution in [2.24, 2.45) is 5.41 Å². The van der Waals surface area contributed by atoms with E-state index >= 15 is 0 Å². The van der Waals surface area contributed by atoms with Crippen LogP contribution in [0.25, 0.3) is 10.9 Å². The van der Waals surface area contributed by atoms with Gasteiger partial charge in [0.25, 0.3) is 5.91 Å². The molecule has 0 aliphatic rings. The van der Waals surface area contributed by atoms with Crippen LogP contribution in [-0.4, -0.2) is 29.4 Å². The van der Waals surface area contributed by atoms with E-state index in [1.165, 1.54) is 0 Å². The van der Waals surface area contributed by atoms with Crippen molar-refractivity contribution < 1.29 is 4.79 Å². The molecule has 0 saturated heterocycles. The number of hydrogen-bond donors (Lipinski definition) is 2. The molecule has 0 saturated carbocycles. The Morgan fingerprint density at radius 1 is 1.32 bits per heavy atom. The standard InChI is InChI=1S/C15H21N3O/c1-15(2,3)9-18(4)14(19)13-8-10-7-11(16)5-6-12(10)17-13/h5-8,17H,9,16H2,1-4H3. The highest BCUT2D eigenvalue weighted by Crippen LogP contribution is 2.20. The van der Waals surface area contributed by atoms with Crippen LogP contribution in [0.3, 0.4) is 0 Å². The SMILES string of the molecule is CN(CC(C)(C)C)C(=O)c1cc2cc(N)ccc2[nH]1. The van der Waals surface area contributed by atoms with Crippen LogP contribution in [0.5, 0.6) is 0 Å².